The molecule has 0 aliphatic rings. The molecule has 1 amide bonds. The van der Waals surface area contributed by atoms with Gasteiger partial charge >= 0.3 is 5.97 Å². The number of benzene rings is 3. The number of nitrogens with one attached hydrogen (secondary N) is 1. The van der Waals surface area contributed by atoms with E-state index in [1.54, 1.807) is 37.4 Å². The van der Waals surface area contributed by atoms with E-state index in [0.29, 0.717) is 16.7 Å². The van der Waals surface area contributed by atoms with E-state index in [9.17, 15) is 14.0 Å². The summed E-state index contributed by atoms with van der Waals surface area (Å²) in [7, 11) is 1.55. The van der Waals surface area contributed by atoms with Gasteiger partial charge < -0.3 is 14.8 Å². The molecule has 27 heavy (non-hydrogen) atoms. The van der Waals surface area contributed by atoms with Gasteiger partial charge in [0, 0.05) is 5.39 Å². The van der Waals surface area contributed by atoms with Crippen LogP contribution in [0.25, 0.3) is 10.8 Å². The van der Waals surface area contributed by atoms with Crippen LogP contribution in [0.15, 0.2) is 60.7 Å². The van der Waals surface area contributed by atoms with Gasteiger partial charge in [-0.2, -0.15) is 0 Å². The number of hydrogen-bond acceptors (Lipinski definition) is 4. The van der Waals surface area contributed by atoms with Crippen molar-refractivity contribution in [3.05, 3.63) is 72.0 Å². The minimum Gasteiger partial charge on any atom is -0.496 e. The number of fused-ring (bicyclic) bond motifs is 1. The molecule has 6 heteroatoms. The van der Waals surface area contributed by atoms with Crippen molar-refractivity contribution in [1.29, 1.82) is 0 Å². The third-order valence-corrected chi connectivity index (χ3v) is 4.11. The summed E-state index contributed by atoms with van der Waals surface area (Å²) in [4.78, 5) is 24.8. The number of carbonyl (C=O) groups is 2. The van der Waals surface area contributed by atoms with Crippen LogP contribution in [0.1, 0.15) is 17.3 Å². The zero-order chi connectivity index (χ0) is 19.4. The Labute approximate surface area is 155 Å². The molecular weight excluding hydrogens is 349 g/mol. The number of amides is 1. The highest BCUT2D eigenvalue weighted by Gasteiger charge is 2.21. The SMILES string of the molecule is COc1ccc(C(=O)O[C@@H](C)C(=O)Nc2ccccc2F)c2ccccc12. The number of anilines is 1. The minimum atomic E-state index is -1.10. The highest BCUT2D eigenvalue weighted by atomic mass is 19.1. The number of esters is 1. The largest absolute Gasteiger partial charge is 0.496 e. The zero-order valence-corrected chi connectivity index (χ0v) is 14.9. The normalized spacial score (nSPS) is 11.7. The Morgan fingerprint density at radius 1 is 0.963 bits per heavy atom. The maximum absolute atomic E-state index is 13.7. The summed E-state index contributed by atoms with van der Waals surface area (Å²) >= 11 is 0. The molecule has 0 aliphatic carbocycles. The fourth-order valence-corrected chi connectivity index (χ4v) is 2.70. The van der Waals surface area contributed by atoms with Gasteiger partial charge in [0.2, 0.25) is 0 Å². The average molecular weight is 367 g/mol. The Hall–Kier alpha value is -3.41. The maximum Gasteiger partial charge on any atom is 0.339 e. The van der Waals surface area contributed by atoms with Crippen LogP contribution in [0.3, 0.4) is 0 Å². The predicted octanol–water partition coefficient (Wildman–Crippen LogP) is 4.17. The Morgan fingerprint density at radius 2 is 1.63 bits per heavy atom. The molecule has 0 saturated carbocycles. The van der Waals surface area contributed by atoms with E-state index in [-0.39, 0.29) is 5.69 Å². The first-order valence-corrected chi connectivity index (χ1v) is 8.33. The number of methoxy groups -OCH3 is 1. The maximum atomic E-state index is 13.7. The summed E-state index contributed by atoms with van der Waals surface area (Å²) in [5.41, 5.74) is 0.345. The van der Waals surface area contributed by atoms with Crippen LogP contribution < -0.4 is 10.1 Å². The van der Waals surface area contributed by atoms with Gasteiger partial charge in [-0.15, -0.1) is 0 Å². The molecule has 0 bridgehead atoms. The van der Waals surface area contributed by atoms with Crippen molar-refractivity contribution >= 4 is 28.3 Å². The smallest absolute Gasteiger partial charge is 0.339 e. The minimum absolute atomic E-state index is 0.0281. The van der Waals surface area contributed by atoms with Crippen LogP contribution in [0, 0.1) is 5.82 Å². The lowest BCUT2D eigenvalue weighted by Gasteiger charge is -2.15. The Balaban J connectivity index is 1.78. The fraction of sp³-hybridized carbons (Fsp3) is 0.143. The molecule has 0 unspecified atom stereocenters. The molecule has 0 spiro atoms. The van der Waals surface area contributed by atoms with E-state index in [0.717, 1.165) is 5.39 Å². The van der Waals surface area contributed by atoms with Gasteiger partial charge in [0.25, 0.3) is 5.91 Å². The molecular formula is C21H18FNO4. The first-order valence-electron chi connectivity index (χ1n) is 8.33. The van der Waals surface area contributed by atoms with E-state index >= 15 is 0 Å². The second-order valence-electron chi connectivity index (χ2n) is 5.88. The first-order chi connectivity index (χ1) is 13.0. The summed E-state index contributed by atoms with van der Waals surface area (Å²) in [5, 5.41) is 3.83. The molecule has 0 aromatic heterocycles. The quantitative estimate of drug-likeness (QED) is 0.688. The van der Waals surface area contributed by atoms with Crippen LogP contribution in [0.5, 0.6) is 5.75 Å². The molecule has 0 fully saturated rings. The van der Waals surface area contributed by atoms with E-state index in [1.807, 2.05) is 12.1 Å². The molecule has 0 aliphatic heterocycles. The molecule has 5 nitrogen and oxygen atoms in total. The summed E-state index contributed by atoms with van der Waals surface area (Å²) < 4.78 is 24.2. The Kier molecular flexibility index (Phi) is 5.35. The topological polar surface area (TPSA) is 64.6 Å². The third-order valence-electron chi connectivity index (χ3n) is 4.11. The monoisotopic (exact) mass is 367 g/mol. The van der Waals surface area contributed by atoms with Crippen LogP contribution in [-0.4, -0.2) is 25.1 Å². The molecule has 1 N–H and O–H groups in total. The summed E-state index contributed by atoms with van der Waals surface area (Å²) in [5.74, 6) is -1.20. The predicted molar refractivity (Wildman–Crippen MR) is 100 cm³/mol. The second-order valence-corrected chi connectivity index (χ2v) is 5.88. The molecule has 0 saturated heterocycles. The van der Waals surface area contributed by atoms with Gasteiger partial charge in [-0.25, -0.2) is 9.18 Å². The Morgan fingerprint density at radius 3 is 2.33 bits per heavy atom. The van der Waals surface area contributed by atoms with Crippen LogP contribution in [0.4, 0.5) is 10.1 Å². The number of halogens is 1. The fourth-order valence-electron chi connectivity index (χ4n) is 2.70. The van der Waals surface area contributed by atoms with Gasteiger partial charge in [-0.05, 0) is 36.6 Å². The van der Waals surface area contributed by atoms with Crippen molar-refractivity contribution in [2.24, 2.45) is 0 Å². The van der Waals surface area contributed by atoms with E-state index in [1.165, 1.54) is 25.1 Å². The lowest BCUT2D eigenvalue weighted by atomic mass is 10.0. The van der Waals surface area contributed by atoms with Gasteiger partial charge in [-0.3, -0.25) is 4.79 Å². The van der Waals surface area contributed by atoms with Crippen molar-refractivity contribution in [2.75, 3.05) is 12.4 Å². The van der Waals surface area contributed by atoms with Gasteiger partial charge in [0.15, 0.2) is 6.10 Å². The van der Waals surface area contributed by atoms with Gasteiger partial charge in [0.05, 0.1) is 18.4 Å². The summed E-state index contributed by atoms with van der Waals surface area (Å²) in [6.07, 6.45) is -1.10. The highest BCUT2D eigenvalue weighted by Crippen LogP contribution is 2.29. The number of para-hydroxylation sites is 1. The number of carbonyl (C=O) groups excluding carboxylic acids is 2. The van der Waals surface area contributed by atoms with Crippen molar-refractivity contribution in [3.8, 4) is 5.75 Å². The van der Waals surface area contributed by atoms with Crippen molar-refractivity contribution in [2.45, 2.75) is 13.0 Å². The first kappa shape index (κ1) is 18.4. The second kappa shape index (κ2) is 7.86. The van der Waals surface area contributed by atoms with Crippen LogP contribution in [-0.2, 0) is 9.53 Å². The molecule has 3 rings (SSSR count). The van der Waals surface area contributed by atoms with Crippen LogP contribution in [0.2, 0.25) is 0 Å². The Bertz CT molecular complexity index is 1000. The molecule has 0 radical (unpaired) electrons. The standard InChI is InChI=1S/C21H18FNO4/c1-13(20(24)23-18-10-6-5-9-17(18)22)27-21(25)16-11-12-19(26-2)15-8-4-3-7-14(15)16/h3-13H,1-2H3,(H,23,24)/t13-/m0/s1. The lowest BCUT2D eigenvalue weighted by molar-refractivity contribution is -0.123. The van der Waals surface area contributed by atoms with Crippen LogP contribution >= 0.6 is 0 Å². The van der Waals surface area contributed by atoms with Crippen molar-refractivity contribution < 1.29 is 23.5 Å². The van der Waals surface area contributed by atoms with Gasteiger partial charge in [-0.1, -0.05) is 36.4 Å². The van der Waals surface area contributed by atoms with Crippen molar-refractivity contribution in [3.63, 3.8) is 0 Å². The lowest BCUT2D eigenvalue weighted by Crippen LogP contribution is -2.30. The van der Waals surface area contributed by atoms with E-state index in [4.69, 9.17) is 9.47 Å². The van der Waals surface area contributed by atoms with E-state index < -0.39 is 23.8 Å². The summed E-state index contributed by atoms with van der Waals surface area (Å²) in [6, 6.07) is 16.3. The third kappa shape index (κ3) is 3.89. The average Bonchev–Trinajstić information content (AvgIpc) is 2.68. The molecule has 0 heterocycles. The summed E-state index contributed by atoms with van der Waals surface area (Å²) in [6.45, 7) is 1.43. The van der Waals surface area contributed by atoms with E-state index in [2.05, 4.69) is 5.32 Å². The number of hydrogen-bond donors (Lipinski definition) is 1. The van der Waals surface area contributed by atoms with Crippen molar-refractivity contribution in [1.82, 2.24) is 0 Å². The molecule has 3 aromatic carbocycles. The molecule has 1 atom stereocenters. The number of ether oxygens (including phenoxy) is 2. The highest BCUT2D eigenvalue weighted by molar-refractivity contribution is 6.07. The molecule has 3 aromatic rings. The molecule has 138 valence electrons. The number of rotatable bonds is 5. The zero-order valence-electron chi connectivity index (χ0n) is 14.9. The van der Waals surface area contributed by atoms with Gasteiger partial charge in [0.1, 0.15) is 11.6 Å².